The first-order chi connectivity index (χ1) is 16.5. The number of ether oxygens (including phenoxy) is 1. The van der Waals surface area contributed by atoms with Gasteiger partial charge in [0.2, 0.25) is 5.91 Å². The van der Waals surface area contributed by atoms with Crippen molar-refractivity contribution in [3.63, 3.8) is 0 Å². The lowest BCUT2D eigenvalue weighted by molar-refractivity contribution is -0.120. The molecule has 34 heavy (non-hydrogen) atoms. The van der Waals surface area contributed by atoms with Gasteiger partial charge >= 0.3 is 0 Å². The maximum absolute atomic E-state index is 12.9. The number of carbonyl (C=O) groups is 1. The third kappa shape index (κ3) is 4.48. The minimum atomic E-state index is -0.0155. The summed E-state index contributed by atoms with van der Waals surface area (Å²) in [7, 11) is 1.94. The van der Waals surface area contributed by atoms with Crippen LogP contribution in [0.1, 0.15) is 29.1 Å². The molecule has 1 fully saturated rings. The number of aryl methyl sites for hydroxylation is 3. The summed E-state index contributed by atoms with van der Waals surface area (Å²) in [4.78, 5) is 30.8. The van der Waals surface area contributed by atoms with Gasteiger partial charge in [-0.15, -0.1) is 11.3 Å². The van der Waals surface area contributed by atoms with Gasteiger partial charge < -0.3 is 19.5 Å². The lowest BCUT2D eigenvalue weighted by atomic mass is 9.95. The van der Waals surface area contributed by atoms with Crippen molar-refractivity contribution in [3.05, 3.63) is 59.3 Å². The Bertz CT molecular complexity index is 1300. The number of imidazole rings is 1. The zero-order valence-corrected chi connectivity index (χ0v) is 20.4. The first-order valence-corrected chi connectivity index (χ1v) is 12.3. The predicted molar refractivity (Wildman–Crippen MR) is 134 cm³/mol. The average Bonchev–Trinajstić information content (AvgIpc) is 3.40. The van der Waals surface area contributed by atoms with Crippen LogP contribution >= 0.6 is 11.3 Å². The van der Waals surface area contributed by atoms with Crippen LogP contribution in [0, 0.1) is 19.8 Å². The molecule has 4 heterocycles. The summed E-state index contributed by atoms with van der Waals surface area (Å²) in [6.07, 6.45) is 6.88. The molecule has 1 amide bonds. The normalized spacial score (nSPS) is 14.5. The standard InChI is InChI=1S/C25H28N6O2S/c1-16-17(2)34-25-22(16)23(27-15-28-25)31-11-8-18(9-12-31)24(32)29-19-4-6-20(7-5-19)33-14-21-26-10-13-30(21)3/h4-7,10,13,15,18H,8-9,11-12,14H2,1-3H3,(H,29,32). The van der Waals surface area contributed by atoms with Crippen LogP contribution in [-0.4, -0.2) is 38.5 Å². The van der Waals surface area contributed by atoms with E-state index < -0.39 is 0 Å². The van der Waals surface area contributed by atoms with Gasteiger partial charge in [-0.3, -0.25) is 4.79 Å². The van der Waals surface area contributed by atoms with Crippen LogP contribution in [0.2, 0.25) is 0 Å². The number of anilines is 2. The number of nitrogens with zero attached hydrogens (tertiary/aromatic N) is 5. The molecule has 0 spiro atoms. The third-order valence-corrected chi connectivity index (χ3v) is 7.64. The summed E-state index contributed by atoms with van der Waals surface area (Å²) in [6.45, 7) is 6.27. The molecule has 8 nitrogen and oxygen atoms in total. The maximum Gasteiger partial charge on any atom is 0.227 e. The SMILES string of the molecule is Cc1sc2ncnc(N3CCC(C(=O)Nc4ccc(OCc5nccn5C)cc4)CC3)c2c1C. The van der Waals surface area contributed by atoms with Crippen molar-refractivity contribution in [2.75, 3.05) is 23.3 Å². The molecule has 1 saturated heterocycles. The number of hydrogen-bond acceptors (Lipinski definition) is 7. The highest BCUT2D eigenvalue weighted by molar-refractivity contribution is 7.18. The van der Waals surface area contributed by atoms with Crippen LogP contribution in [-0.2, 0) is 18.4 Å². The minimum absolute atomic E-state index is 0.0155. The van der Waals surface area contributed by atoms with E-state index in [1.54, 1.807) is 23.9 Å². The largest absolute Gasteiger partial charge is 0.486 e. The van der Waals surface area contributed by atoms with E-state index in [0.29, 0.717) is 6.61 Å². The van der Waals surface area contributed by atoms with E-state index in [1.165, 1.54) is 10.4 Å². The fourth-order valence-electron chi connectivity index (χ4n) is 4.32. The number of amides is 1. The second-order valence-corrected chi connectivity index (χ2v) is 9.88. The molecule has 1 aliphatic heterocycles. The monoisotopic (exact) mass is 476 g/mol. The van der Waals surface area contributed by atoms with E-state index in [0.717, 1.165) is 59.2 Å². The molecule has 0 saturated carbocycles. The number of fused-ring (bicyclic) bond motifs is 1. The van der Waals surface area contributed by atoms with E-state index in [-0.39, 0.29) is 11.8 Å². The van der Waals surface area contributed by atoms with Crippen molar-refractivity contribution in [3.8, 4) is 5.75 Å². The molecule has 4 aromatic rings. The van der Waals surface area contributed by atoms with Crippen LogP contribution < -0.4 is 15.0 Å². The van der Waals surface area contributed by atoms with Gasteiger partial charge in [-0.2, -0.15) is 0 Å². The second kappa shape index (κ2) is 9.42. The van der Waals surface area contributed by atoms with E-state index in [4.69, 9.17) is 4.74 Å². The van der Waals surface area contributed by atoms with Gasteiger partial charge in [-0.25, -0.2) is 15.0 Å². The van der Waals surface area contributed by atoms with Gasteiger partial charge in [0.15, 0.2) is 0 Å². The first-order valence-electron chi connectivity index (χ1n) is 11.4. The van der Waals surface area contributed by atoms with Crippen LogP contribution in [0.15, 0.2) is 43.0 Å². The van der Waals surface area contributed by atoms with E-state index in [9.17, 15) is 4.79 Å². The van der Waals surface area contributed by atoms with Gasteiger partial charge in [-0.1, -0.05) is 0 Å². The van der Waals surface area contributed by atoms with Gasteiger partial charge in [0.25, 0.3) is 0 Å². The Kier molecular flexibility index (Phi) is 6.19. The lowest BCUT2D eigenvalue weighted by Gasteiger charge is -2.32. The summed E-state index contributed by atoms with van der Waals surface area (Å²) < 4.78 is 7.72. The highest BCUT2D eigenvalue weighted by Gasteiger charge is 2.27. The Labute approximate surface area is 202 Å². The van der Waals surface area contributed by atoms with Crippen molar-refractivity contribution < 1.29 is 9.53 Å². The van der Waals surface area contributed by atoms with Crippen molar-refractivity contribution in [2.45, 2.75) is 33.3 Å². The summed E-state index contributed by atoms with van der Waals surface area (Å²) >= 11 is 1.71. The summed E-state index contributed by atoms with van der Waals surface area (Å²) in [5.41, 5.74) is 2.03. The molecular formula is C25H28N6O2S. The van der Waals surface area contributed by atoms with Crippen LogP contribution in [0.3, 0.4) is 0 Å². The Balaban J connectivity index is 1.16. The van der Waals surface area contributed by atoms with Crippen LogP contribution in [0.5, 0.6) is 5.75 Å². The van der Waals surface area contributed by atoms with Crippen molar-refractivity contribution in [1.82, 2.24) is 19.5 Å². The van der Waals surface area contributed by atoms with Crippen LogP contribution in [0.4, 0.5) is 11.5 Å². The topological polar surface area (TPSA) is 85.2 Å². The molecule has 1 aromatic carbocycles. The van der Waals surface area contributed by atoms with E-state index in [2.05, 4.69) is 39.0 Å². The molecule has 9 heteroatoms. The van der Waals surface area contributed by atoms with E-state index >= 15 is 0 Å². The summed E-state index contributed by atoms with van der Waals surface area (Å²) in [5, 5.41) is 4.21. The number of aromatic nitrogens is 4. The smallest absolute Gasteiger partial charge is 0.227 e. The van der Waals surface area contributed by atoms with Crippen molar-refractivity contribution in [1.29, 1.82) is 0 Å². The highest BCUT2D eigenvalue weighted by atomic mass is 32.1. The maximum atomic E-state index is 12.9. The molecule has 1 aliphatic rings. The Morgan fingerprint density at radius 2 is 1.91 bits per heavy atom. The molecule has 0 bridgehead atoms. The molecular weight excluding hydrogens is 448 g/mol. The van der Waals surface area contributed by atoms with Gasteiger partial charge in [0.1, 0.15) is 35.2 Å². The molecule has 0 unspecified atom stereocenters. The zero-order valence-electron chi connectivity index (χ0n) is 19.6. The summed E-state index contributed by atoms with van der Waals surface area (Å²) in [5.74, 6) is 2.64. The molecule has 0 aliphatic carbocycles. The van der Waals surface area contributed by atoms with Gasteiger partial charge in [-0.05, 0) is 56.5 Å². The number of carbonyl (C=O) groups excluding carboxylic acids is 1. The molecule has 176 valence electrons. The Hall–Kier alpha value is -3.46. The van der Waals surface area contributed by atoms with Crippen molar-refractivity contribution in [2.24, 2.45) is 13.0 Å². The molecule has 5 rings (SSSR count). The second-order valence-electron chi connectivity index (χ2n) is 8.68. The number of hydrogen-bond donors (Lipinski definition) is 1. The molecule has 3 aromatic heterocycles. The lowest BCUT2D eigenvalue weighted by Crippen LogP contribution is -2.38. The molecule has 0 atom stereocenters. The number of benzene rings is 1. The number of piperidine rings is 1. The number of nitrogens with one attached hydrogen (secondary N) is 1. The predicted octanol–water partition coefficient (Wildman–Crippen LogP) is 4.48. The number of thiophene rings is 1. The fraction of sp³-hybridized carbons (Fsp3) is 0.360. The van der Waals surface area contributed by atoms with Gasteiger partial charge in [0.05, 0.1) is 5.39 Å². The number of rotatable bonds is 6. The highest BCUT2D eigenvalue weighted by Crippen LogP contribution is 2.35. The third-order valence-electron chi connectivity index (χ3n) is 6.52. The first kappa shape index (κ1) is 22.3. The molecule has 0 radical (unpaired) electrons. The van der Waals surface area contributed by atoms with Crippen LogP contribution in [0.25, 0.3) is 10.2 Å². The Morgan fingerprint density at radius 3 is 2.62 bits per heavy atom. The zero-order chi connectivity index (χ0) is 23.7. The molecule has 1 N–H and O–H groups in total. The van der Waals surface area contributed by atoms with Gasteiger partial charge in [0, 0.05) is 49.0 Å². The fourth-order valence-corrected chi connectivity index (χ4v) is 5.31. The quantitative estimate of drug-likeness (QED) is 0.442. The average molecular weight is 477 g/mol. The summed E-state index contributed by atoms with van der Waals surface area (Å²) in [6, 6.07) is 7.49. The van der Waals surface area contributed by atoms with E-state index in [1.807, 2.05) is 42.1 Å². The Morgan fingerprint density at radius 1 is 1.15 bits per heavy atom. The van der Waals surface area contributed by atoms with Crippen molar-refractivity contribution >= 4 is 39.0 Å². The minimum Gasteiger partial charge on any atom is -0.486 e.